The number of hydrogen-bond acceptors (Lipinski definition) is 3. The minimum Gasteiger partial charge on any atom is -0.396 e. The van der Waals surface area contributed by atoms with Gasteiger partial charge in [0.1, 0.15) is 5.78 Å². The maximum absolute atomic E-state index is 12.3. The summed E-state index contributed by atoms with van der Waals surface area (Å²) < 4.78 is 6.06. The van der Waals surface area contributed by atoms with Gasteiger partial charge < -0.3 is 9.84 Å². The Morgan fingerprint density at radius 2 is 2.19 bits per heavy atom. The molecule has 3 nitrogen and oxygen atoms in total. The van der Waals surface area contributed by atoms with E-state index in [1.54, 1.807) is 0 Å². The largest absolute Gasteiger partial charge is 0.396 e. The SMILES string of the molecule is CC(C)[C@@H]1C(=O)[C@@H](C)[C@]2(C)O[C@H]1C[C@@H]2CO. The van der Waals surface area contributed by atoms with Crippen LogP contribution < -0.4 is 0 Å². The van der Waals surface area contributed by atoms with Gasteiger partial charge >= 0.3 is 0 Å². The van der Waals surface area contributed by atoms with Gasteiger partial charge in [-0.25, -0.2) is 0 Å². The van der Waals surface area contributed by atoms with Crippen molar-refractivity contribution in [2.75, 3.05) is 6.61 Å². The van der Waals surface area contributed by atoms with Crippen LogP contribution in [0.2, 0.25) is 0 Å². The fourth-order valence-corrected chi connectivity index (χ4v) is 3.43. The molecule has 0 spiro atoms. The van der Waals surface area contributed by atoms with Crippen molar-refractivity contribution in [3.8, 4) is 0 Å². The van der Waals surface area contributed by atoms with Crippen molar-refractivity contribution in [1.82, 2.24) is 0 Å². The Morgan fingerprint density at radius 3 is 2.69 bits per heavy atom. The lowest BCUT2D eigenvalue weighted by Gasteiger charge is -2.42. The van der Waals surface area contributed by atoms with Crippen LogP contribution in [0.4, 0.5) is 0 Å². The van der Waals surface area contributed by atoms with E-state index < -0.39 is 5.60 Å². The third-order valence-electron chi connectivity index (χ3n) is 4.69. The summed E-state index contributed by atoms with van der Waals surface area (Å²) in [5.74, 6) is 0.669. The number of fused-ring (bicyclic) bond motifs is 2. The van der Waals surface area contributed by atoms with Crippen LogP contribution in [0.5, 0.6) is 0 Å². The fourth-order valence-electron chi connectivity index (χ4n) is 3.43. The van der Waals surface area contributed by atoms with Crippen LogP contribution in [0.1, 0.15) is 34.1 Å². The molecule has 0 saturated carbocycles. The predicted octanol–water partition coefficient (Wildman–Crippen LogP) is 1.63. The van der Waals surface area contributed by atoms with Gasteiger partial charge in [-0.2, -0.15) is 0 Å². The lowest BCUT2D eigenvalue weighted by atomic mass is 9.74. The van der Waals surface area contributed by atoms with E-state index in [2.05, 4.69) is 13.8 Å². The average Bonchev–Trinajstić information content (AvgIpc) is 2.51. The summed E-state index contributed by atoms with van der Waals surface area (Å²) in [6.45, 7) is 8.20. The normalized spacial score (nSPS) is 47.8. The molecule has 2 aliphatic heterocycles. The number of ketones is 1. The standard InChI is InChI=1S/C13H22O3/c1-7(2)11-10-5-9(6-14)13(4,16-10)8(3)12(11)15/h7-11,14H,5-6H2,1-4H3/t8-,9-,10+,11+,13+/m1/s1. The van der Waals surface area contributed by atoms with Gasteiger partial charge in [0.25, 0.3) is 0 Å². The van der Waals surface area contributed by atoms with Crippen molar-refractivity contribution in [2.24, 2.45) is 23.7 Å². The molecule has 0 aromatic heterocycles. The monoisotopic (exact) mass is 226 g/mol. The summed E-state index contributed by atoms with van der Waals surface area (Å²) in [4.78, 5) is 12.3. The highest BCUT2D eigenvalue weighted by atomic mass is 16.5. The first kappa shape index (κ1) is 12.1. The molecule has 0 radical (unpaired) electrons. The van der Waals surface area contributed by atoms with Crippen LogP contribution in [0.25, 0.3) is 0 Å². The summed E-state index contributed by atoms with van der Waals surface area (Å²) in [7, 11) is 0. The van der Waals surface area contributed by atoms with Crippen molar-refractivity contribution in [1.29, 1.82) is 0 Å². The van der Waals surface area contributed by atoms with E-state index in [1.807, 2.05) is 13.8 Å². The average molecular weight is 226 g/mol. The van der Waals surface area contributed by atoms with Crippen LogP contribution >= 0.6 is 0 Å². The molecule has 0 aliphatic carbocycles. The van der Waals surface area contributed by atoms with Gasteiger partial charge in [0.15, 0.2) is 0 Å². The maximum atomic E-state index is 12.3. The zero-order chi connectivity index (χ0) is 12.1. The van der Waals surface area contributed by atoms with Gasteiger partial charge in [-0.1, -0.05) is 20.8 Å². The molecular formula is C13H22O3. The Bertz CT molecular complexity index is 300. The molecule has 0 unspecified atom stereocenters. The van der Waals surface area contributed by atoms with Gasteiger partial charge in [0.05, 0.1) is 11.7 Å². The smallest absolute Gasteiger partial charge is 0.144 e. The third-order valence-corrected chi connectivity index (χ3v) is 4.69. The van der Waals surface area contributed by atoms with Gasteiger partial charge in [-0.3, -0.25) is 4.79 Å². The topological polar surface area (TPSA) is 46.5 Å². The third kappa shape index (κ3) is 1.45. The summed E-state index contributed by atoms with van der Waals surface area (Å²) in [6.07, 6.45) is 0.845. The molecular weight excluding hydrogens is 204 g/mol. The van der Waals surface area contributed by atoms with Crippen molar-refractivity contribution >= 4 is 5.78 Å². The first-order valence-electron chi connectivity index (χ1n) is 6.24. The summed E-state index contributed by atoms with van der Waals surface area (Å²) in [6, 6.07) is 0. The predicted molar refractivity (Wildman–Crippen MR) is 61.0 cm³/mol. The number of aliphatic hydroxyl groups excluding tert-OH is 1. The summed E-state index contributed by atoms with van der Waals surface area (Å²) in [5, 5.41) is 9.42. The number of Topliss-reactive ketones (excluding diaryl/α,β-unsaturated/α-hetero) is 1. The molecule has 2 aliphatic rings. The van der Waals surface area contributed by atoms with Crippen LogP contribution in [0.15, 0.2) is 0 Å². The van der Waals surface area contributed by atoms with Gasteiger partial charge in [0, 0.05) is 24.4 Å². The van der Waals surface area contributed by atoms with Crippen LogP contribution in [0.3, 0.4) is 0 Å². The Morgan fingerprint density at radius 1 is 1.56 bits per heavy atom. The van der Waals surface area contributed by atoms with Gasteiger partial charge in [-0.05, 0) is 19.3 Å². The Balaban J connectivity index is 2.33. The molecule has 2 rings (SSSR count). The molecule has 0 amide bonds. The number of aliphatic hydroxyl groups is 1. The Hall–Kier alpha value is -0.410. The molecule has 5 atom stereocenters. The lowest BCUT2D eigenvalue weighted by Crippen LogP contribution is -2.52. The first-order chi connectivity index (χ1) is 7.41. The first-order valence-corrected chi connectivity index (χ1v) is 6.24. The molecule has 3 heteroatoms. The highest BCUT2D eigenvalue weighted by Crippen LogP contribution is 2.50. The Kier molecular flexibility index (Phi) is 2.87. The summed E-state index contributed by atoms with van der Waals surface area (Å²) >= 11 is 0. The minimum atomic E-state index is -0.443. The van der Waals surface area contributed by atoms with Crippen molar-refractivity contribution < 1.29 is 14.6 Å². The number of hydrogen-bond donors (Lipinski definition) is 1. The van der Waals surface area contributed by atoms with Crippen molar-refractivity contribution in [3.63, 3.8) is 0 Å². The number of carbonyl (C=O) groups excluding carboxylic acids is 1. The second-order valence-corrected chi connectivity index (χ2v) is 5.85. The second kappa shape index (κ2) is 3.81. The van der Waals surface area contributed by atoms with E-state index in [1.165, 1.54) is 0 Å². The van der Waals surface area contributed by atoms with E-state index in [-0.39, 0.29) is 30.5 Å². The molecule has 2 saturated heterocycles. The van der Waals surface area contributed by atoms with Crippen molar-refractivity contribution in [2.45, 2.75) is 45.8 Å². The lowest BCUT2D eigenvalue weighted by molar-refractivity contribution is -0.171. The fraction of sp³-hybridized carbons (Fsp3) is 0.923. The van der Waals surface area contributed by atoms with E-state index in [9.17, 15) is 9.90 Å². The highest BCUT2D eigenvalue weighted by Gasteiger charge is 2.58. The second-order valence-electron chi connectivity index (χ2n) is 5.85. The van der Waals surface area contributed by atoms with E-state index in [0.29, 0.717) is 11.7 Å². The van der Waals surface area contributed by atoms with Crippen LogP contribution in [-0.2, 0) is 9.53 Å². The Labute approximate surface area is 97.2 Å². The van der Waals surface area contributed by atoms with Crippen LogP contribution in [0, 0.1) is 23.7 Å². The van der Waals surface area contributed by atoms with Crippen LogP contribution in [-0.4, -0.2) is 29.2 Å². The number of rotatable bonds is 2. The molecule has 2 heterocycles. The van der Waals surface area contributed by atoms with E-state index >= 15 is 0 Å². The van der Waals surface area contributed by atoms with Crippen molar-refractivity contribution in [3.05, 3.63) is 0 Å². The van der Waals surface area contributed by atoms with Gasteiger partial charge in [0.2, 0.25) is 0 Å². The zero-order valence-electron chi connectivity index (χ0n) is 10.6. The highest BCUT2D eigenvalue weighted by molar-refractivity contribution is 5.86. The molecule has 1 N–H and O–H groups in total. The molecule has 92 valence electrons. The minimum absolute atomic E-state index is 0.0135. The molecule has 2 fully saturated rings. The molecule has 16 heavy (non-hydrogen) atoms. The number of carbonyl (C=O) groups is 1. The molecule has 0 aromatic rings. The number of ether oxygens (including phenoxy) is 1. The van der Waals surface area contributed by atoms with E-state index in [0.717, 1.165) is 6.42 Å². The maximum Gasteiger partial charge on any atom is 0.144 e. The molecule has 2 bridgehead atoms. The zero-order valence-corrected chi connectivity index (χ0v) is 10.6. The van der Waals surface area contributed by atoms with Gasteiger partial charge in [-0.15, -0.1) is 0 Å². The summed E-state index contributed by atoms with van der Waals surface area (Å²) in [5.41, 5.74) is -0.443. The van der Waals surface area contributed by atoms with E-state index in [4.69, 9.17) is 4.74 Å². The molecule has 0 aromatic carbocycles. The quantitative estimate of drug-likeness (QED) is 0.778.